The Kier molecular flexibility index (Phi) is 3.00. The van der Waals surface area contributed by atoms with Crippen molar-refractivity contribution in [3.8, 4) is 0 Å². The van der Waals surface area contributed by atoms with E-state index in [4.69, 9.17) is 10.5 Å². The number of carbonyl (C=O) groups excluding carboxylic acids is 1. The molecule has 0 radical (unpaired) electrons. The number of hydrogen-bond acceptors (Lipinski definition) is 5. The summed E-state index contributed by atoms with van der Waals surface area (Å²) in [5, 5.41) is 10.7. The fourth-order valence-corrected chi connectivity index (χ4v) is 2.68. The van der Waals surface area contributed by atoms with E-state index < -0.39 is 0 Å². The number of hydrogen-bond donors (Lipinski definition) is 2. The number of amides is 1. The van der Waals surface area contributed by atoms with Gasteiger partial charge in [0, 0.05) is 6.54 Å². The normalized spacial score (nSPS) is 29.7. The van der Waals surface area contributed by atoms with Crippen LogP contribution in [-0.4, -0.2) is 45.7 Å². The van der Waals surface area contributed by atoms with Crippen LogP contribution in [0.5, 0.6) is 0 Å². The highest BCUT2D eigenvalue weighted by molar-refractivity contribution is 5.92. The van der Waals surface area contributed by atoms with Gasteiger partial charge in [-0.1, -0.05) is 5.21 Å². The van der Waals surface area contributed by atoms with Crippen LogP contribution in [0.25, 0.3) is 0 Å². The summed E-state index contributed by atoms with van der Waals surface area (Å²) in [6.45, 7) is 1.04. The van der Waals surface area contributed by atoms with E-state index >= 15 is 0 Å². The van der Waals surface area contributed by atoms with E-state index in [2.05, 4.69) is 15.6 Å². The first-order valence-electron chi connectivity index (χ1n) is 6.33. The molecule has 2 saturated heterocycles. The number of nitrogens with two attached hydrogens (primary N) is 1. The smallest absolute Gasteiger partial charge is 0.273 e. The van der Waals surface area contributed by atoms with Gasteiger partial charge < -0.3 is 15.8 Å². The molecule has 0 spiro atoms. The fraction of sp³-hybridized carbons (Fsp3) is 0.727. The topological polar surface area (TPSA) is 95.1 Å². The Balaban J connectivity index is 1.60. The van der Waals surface area contributed by atoms with Crippen molar-refractivity contribution < 1.29 is 9.53 Å². The molecule has 1 aromatic heterocycles. The van der Waals surface area contributed by atoms with Crippen molar-refractivity contribution in [2.45, 2.75) is 44.1 Å². The number of aromatic nitrogens is 3. The molecule has 3 N–H and O–H groups in total. The second-order valence-electron chi connectivity index (χ2n) is 4.85. The summed E-state index contributed by atoms with van der Waals surface area (Å²) in [4.78, 5) is 12.0. The second kappa shape index (κ2) is 4.66. The first kappa shape index (κ1) is 11.6. The third-order valence-corrected chi connectivity index (χ3v) is 3.55. The summed E-state index contributed by atoms with van der Waals surface area (Å²) >= 11 is 0. The minimum atomic E-state index is -0.181. The highest BCUT2D eigenvalue weighted by Crippen LogP contribution is 2.34. The van der Waals surface area contributed by atoms with Gasteiger partial charge in [0.25, 0.3) is 5.91 Å². The van der Waals surface area contributed by atoms with Gasteiger partial charge in [0.1, 0.15) is 0 Å². The Morgan fingerprint density at radius 1 is 1.61 bits per heavy atom. The van der Waals surface area contributed by atoms with Crippen molar-refractivity contribution in [2.75, 3.05) is 6.54 Å². The Morgan fingerprint density at radius 3 is 3.17 bits per heavy atom. The molecule has 0 aromatic carbocycles. The van der Waals surface area contributed by atoms with Crippen LogP contribution < -0.4 is 11.1 Å². The maximum absolute atomic E-state index is 12.0. The van der Waals surface area contributed by atoms with Crippen molar-refractivity contribution in [2.24, 2.45) is 5.73 Å². The van der Waals surface area contributed by atoms with E-state index in [1.54, 1.807) is 10.9 Å². The van der Waals surface area contributed by atoms with Gasteiger partial charge in [0.2, 0.25) is 0 Å². The number of rotatable bonds is 4. The lowest BCUT2D eigenvalue weighted by Crippen LogP contribution is -2.41. The van der Waals surface area contributed by atoms with Gasteiger partial charge in [-0.25, -0.2) is 0 Å². The molecule has 0 aliphatic carbocycles. The van der Waals surface area contributed by atoms with E-state index in [1.807, 2.05) is 0 Å². The summed E-state index contributed by atoms with van der Waals surface area (Å²) in [5.41, 5.74) is 5.75. The van der Waals surface area contributed by atoms with Gasteiger partial charge in [-0.05, 0) is 19.3 Å². The molecule has 0 saturated carbocycles. The molecule has 3 heterocycles. The van der Waals surface area contributed by atoms with Gasteiger partial charge >= 0.3 is 0 Å². The van der Waals surface area contributed by atoms with Crippen molar-refractivity contribution in [3.63, 3.8) is 0 Å². The molecule has 18 heavy (non-hydrogen) atoms. The van der Waals surface area contributed by atoms with E-state index in [9.17, 15) is 4.79 Å². The summed E-state index contributed by atoms with van der Waals surface area (Å²) in [5.74, 6) is -0.181. The predicted molar refractivity (Wildman–Crippen MR) is 62.8 cm³/mol. The number of nitrogens with zero attached hydrogens (tertiary/aromatic N) is 3. The first-order chi connectivity index (χ1) is 8.76. The number of nitrogens with one attached hydrogen (secondary N) is 1. The third kappa shape index (κ3) is 2.11. The quantitative estimate of drug-likeness (QED) is 0.737. The molecule has 2 aliphatic heterocycles. The average Bonchev–Trinajstić information content (AvgIpc) is 3.04. The molecule has 2 bridgehead atoms. The second-order valence-corrected chi connectivity index (χ2v) is 4.85. The van der Waals surface area contributed by atoms with Crippen molar-refractivity contribution in [3.05, 3.63) is 11.9 Å². The van der Waals surface area contributed by atoms with E-state index in [0.29, 0.717) is 24.9 Å². The van der Waals surface area contributed by atoms with Gasteiger partial charge in [-0.2, -0.15) is 0 Å². The Labute approximate surface area is 105 Å². The first-order valence-corrected chi connectivity index (χ1v) is 6.33. The minimum absolute atomic E-state index is 0.121. The molecule has 3 rings (SSSR count). The molecule has 7 nitrogen and oxygen atoms in total. The zero-order valence-corrected chi connectivity index (χ0v) is 10.1. The summed E-state index contributed by atoms with van der Waals surface area (Å²) < 4.78 is 7.27. The lowest BCUT2D eigenvalue weighted by molar-refractivity contribution is 0.0837. The molecule has 1 amide bonds. The maximum Gasteiger partial charge on any atom is 0.273 e. The summed E-state index contributed by atoms with van der Waals surface area (Å²) in [6, 6.07) is 0.121. The van der Waals surface area contributed by atoms with Crippen LogP contribution in [0.2, 0.25) is 0 Å². The molecule has 7 heteroatoms. The van der Waals surface area contributed by atoms with Crippen LogP contribution in [0, 0.1) is 0 Å². The van der Waals surface area contributed by atoms with Crippen LogP contribution in [0.1, 0.15) is 29.8 Å². The van der Waals surface area contributed by atoms with Gasteiger partial charge in [-0.15, -0.1) is 5.10 Å². The lowest BCUT2D eigenvalue weighted by Gasteiger charge is -2.19. The molecule has 2 fully saturated rings. The zero-order chi connectivity index (χ0) is 12.5. The zero-order valence-electron chi connectivity index (χ0n) is 10.1. The van der Waals surface area contributed by atoms with Crippen LogP contribution in [-0.2, 0) is 11.3 Å². The molecule has 98 valence electrons. The molecular weight excluding hydrogens is 234 g/mol. The molecule has 1 aromatic rings. The molecule has 3 atom stereocenters. The van der Waals surface area contributed by atoms with Crippen LogP contribution in [0.15, 0.2) is 6.20 Å². The number of fused-ring (bicyclic) bond motifs is 2. The van der Waals surface area contributed by atoms with Gasteiger partial charge in [0.05, 0.1) is 31.0 Å². The molecule has 2 aliphatic rings. The van der Waals surface area contributed by atoms with Crippen molar-refractivity contribution >= 4 is 5.91 Å². The number of ether oxygens (including phenoxy) is 1. The highest BCUT2D eigenvalue weighted by atomic mass is 16.5. The van der Waals surface area contributed by atoms with E-state index in [0.717, 1.165) is 19.3 Å². The fourth-order valence-electron chi connectivity index (χ4n) is 2.68. The maximum atomic E-state index is 12.0. The minimum Gasteiger partial charge on any atom is -0.373 e. The van der Waals surface area contributed by atoms with Crippen molar-refractivity contribution in [1.29, 1.82) is 0 Å². The average molecular weight is 251 g/mol. The predicted octanol–water partition coefficient (Wildman–Crippen LogP) is -0.713. The Morgan fingerprint density at radius 2 is 2.50 bits per heavy atom. The monoisotopic (exact) mass is 251 g/mol. The van der Waals surface area contributed by atoms with Gasteiger partial charge in [0.15, 0.2) is 5.69 Å². The van der Waals surface area contributed by atoms with E-state index in [1.165, 1.54) is 0 Å². The largest absolute Gasteiger partial charge is 0.373 e. The van der Waals surface area contributed by atoms with Crippen LogP contribution in [0.4, 0.5) is 0 Å². The van der Waals surface area contributed by atoms with Crippen LogP contribution in [0.3, 0.4) is 0 Å². The number of carbonyl (C=O) groups is 1. The Bertz CT molecular complexity index is 446. The van der Waals surface area contributed by atoms with Crippen molar-refractivity contribution in [1.82, 2.24) is 20.3 Å². The van der Waals surface area contributed by atoms with Gasteiger partial charge in [-0.3, -0.25) is 9.48 Å². The highest BCUT2D eigenvalue weighted by Gasteiger charge is 2.41. The summed E-state index contributed by atoms with van der Waals surface area (Å²) in [7, 11) is 0. The third-order valence-electron chi connectivity index (χ3n) is 3.55. The Hall–Kier alpha value is -1.47. The van der Waals surface area contributed by atoms with E-state index in [-0.39, 0.29) is 18.1 Å². The standard InChI is InChI=1S/C11H17N5O2/c12-3-4-16-6-9(14-15-16)11(17)13-8-5-7-1-2-10(8)18-7/h6-8,10H,1-5,12H2,(H,13,17). The lowest BCUT2D eigenvalue weighted by atomic mass is 9.95. The molecule has 3 unspecified atom stereocenters. The summed E-state index contributed by atoms with van der Waals surface area (Å²) in [6.07, 6.45) is 5.19. The van der Waals surface area contributed by atoms with Crippen LogP contribution >= 0.6 is 0 Å². The SMILES string of the molecule is NCCn1cc(C(=O)NC2CC3CCC2O3)nn1. The molecular formula is C11H17N5O2.